The number of carboxylic acid groups (broad SMARTS) is 2. The molecule has 3 heterocycles. The Morgan fingerprint density at radius 1 is 1.31 bits per heavy atom. The summed E-state index contributed by atoms with van der Waals surface area (Å²) < 4.78 is 14.5. The summed E-state index contributed by atoms with van der Waals surface area (Å²) in [6, 6.07) is 4.20. The van der Waals surface area contributed by atoms with Gasteiger partial charge in [0.2, 0.25) is 0 Å². The lowest BCUT2D eigenvalue weighted by Gasteiger charge is -2.22. The van der Waals surface area contributed by atoms with Crippen LogP contribution in [0.1, 0.15) is 17.0 Å². The highest BCUT2D eigenvalue weighted by Gasteiger charge is 2.18. The van der Waals surface area contributed by atoms with E-state index in [1.54, 1.807) is 11.3 Å². The number of carboxylic acids is 2. The van der Waals surface area contributed by atoms with Crippen LogP contribution >= 0.6 is 23.1 Å². The number of likely N-dealkylation sites (N-methyl/N-ethyl adjacent to an activating group) is 1. The first-order chi connectivity index (χ1) is 12.5. The molecule has 2 N–H and O–H groups in total. The van der Waals surface area contributed by atoms with Crippen molar-refractivity contribution < 1.29 is 24.5 Å². The minimum Gasteiger partial charge on any atom is -0.475 e. The van der Waals surface area contributed by atoms with E-state index in [9.17, 15) is 0 Å². The first-order valence-electron chi connectivity index (χ1n) is 7.79. The molecule has 2 aromatic heterocycles. The van der Waals surface area contributed by atoms with E-state index in [1.165, 1.54) is 22.2 Å². The molecule has 0 amide bonds. The second-order valence-electron chi connectivity index (χ2n) is 5.46. The summed E-state index contributed by atoms with van der Waals surface area (Å²) in [5.41, 5.74) is 2.16. The largest absolute Gasteiger partial charge is 0.475 e. The molecular weight excluding hydrogens is 378 g/mol. The van der Waals surface area contributed by atoms with Gasteiger partial charge in [0.1, 0.15) is 5.69 Å². The smallest absolute Gasteiger partial charge is 0.414 e. The fourth-order valence-electron chi connectivity index (χ4n) is 2.24. The predicted octanol–water partition coefficient (Wildman–Crippen LogP) is 2.10. The molecule has 2 aromatic rings. The van der Waals surface area contributed by atoms with E-state index in [1.807, 2.05) is 0 Å². The Labute approximate surface area is 158 Å². The number of aromatic nitrogens is 2. The maximum atomic E-state index is 9.10. The first-order valence-corrected chi connectivity index (χ1v) is 9.40. The van der Waals surface area contributed by atoms with Gasteiger partial charge in [-0.3, -0.25) is 0 Å². The van der Waals surface area contributed by atoms with Crippen LogP contribution in [0, 0.1) is 0 Å². The number of nitrogens with zero attached hydrogens (tertiary/aromatic N) is 3. The SMILES string of the molecule is CN1CCC=C(c2nsnc2OCCc2cccs2)C1.O=C(O)C(=O)O. The molecule has 140 valence electrons. The van der Waals surface area contributed by atoms with Crippen LogP contribution in [-0.4, -0.2) is 62.5 Å². The van der Waals surface area contributed by atoms with Crippen molar-refractivity contribution in [3.05, 3.63) is 34.2 Å². The summed E-state index contributed by atoms with van der Waals surface area (Å²) in [6.45, 7) is 2.68. The molecular formula is C16H19N3O5S2. The topological polar surface area (TPSA) is 113 Å². The molecule has 10 heteroatoms. The van der Waals surface area contributed by atoms with Gasteiger partial charge in [0.05, 0.1) is 18.3 Å². The van der Waals surface area contributed by atoms with Crippen LogP contribution in [0.5, 0.6) is 5.88 Å². The standard InChI is InChI=1S/C14H17N3OS2.C2H2O4/c1-17-7-2-4-11(10-17)13-14(16-20-15-13)18-8-6-12-5-3-9-19-12;3-1(4)2(5)6/h3-5,9H,2,6-8,10H2,1H3;(H,3,4)(H,5,6). The van der Waals surface area contributed by atoms with Crippen LogP contribution in [-0.2, 0) is 16.0 Å². The first kappa shape index (κ1) is 20.0. The van der Waals surface area contributed by atoms with Gasteiger partial charge < -0.3 is 19.8 Å². The number of carbonyl (C=O) groups is 2. The number of thiophene rings is 1. The Bertz CT molecular complexity index is 746. The summed E-state index contributed by atoms with van der Waals surface area (Å²) >= 11 is 2.99. The second kappa shape index (κ2) is 10.00. The monoisotopic (exact) mass is 397 g/mol. The number of rotatable bonds is 5. The molecule has 0 spiro atoms. The quantitative estimate of drug-likeness (QED) is 0.738. The van der Waals surface area contributed by atoms with Crippen LogP contribution in [0.2, 0.25) is 0 Å². The highest BCUT2D eigenvalue weighted by atomic mass is 32.1. The molecule has 26 heavy (non-hydrogen) atoms. The second-order valence-corrected chi connectivity index (χ2v) is 7.02. The van der Waals surface area contributed by atoms with Crippen LogP contribution in [0.4, 0.5) is 0 Å². The molecule has 0 unspecified atom stereocenters. The number of aliphatic carboxylic acids is 2. The van der Waals surface area contributed by atoms with E-state index < -0.39 is 11.9 Å². The Hall–Kier alpha value is -2.30. The van der Waals surface area contributed by atoms with E-state index in [4.69, 9.17) is 24.5 Å². The molecule has 1 aliphatic rings. The molecule has 0 bridgehead atoms. The zero-order chi connectivity index (χ0) is 18.9. The van der Waals surface area contributed by atoms with Crippen molar-refractivity contribution in [1.82, 2.24) is 13.6 Å². The number of hydrogen-bond acceptors (Lipinski definition) is 8. The van der Waals surface area contributed by atoms with E-state index in [2.05, 4.69) is 44.3 Å². The number of hydrogen-bond donors (Lipinski definition) is 2. The Morgan fingerprint density at radius 2 is 2.08 bits per heavy atom. The van der Waals surface area contributed by atoms with Crippen LogP contribution in [0.3, 0.4) is 0 Å². The van der Waals surface area contributed by atoms with Crippen molar-refractivity contribution in [2.45, 2.75) is 12.8 Å². The highest BCUT2D eigenvalue weighted by Crippen LogP contribution is 2.27. The average molecular weight is 397 g/mol. The van der Waals surface area contributed by atoms with Crippen molar-refractivity contribution in [1.29, 1.82) is 0 Å². The summed E-state index contributed by atoms with van der Waals surface area (Å²) in [7, 11) is 2.13. The molecule has 0 aromatic carbocycles. The van der Waals surface area contributed by atoms with Crippen molar-refractivity contribution in [3.8, 4) is 5.88 Å². The lowest BCUT2D eigenvalue weighted by Crippen LogP contribution is -2.25. The van der Waals surface area contributed by atoms with Crippen molar-refractivity contribution in [2.75, 3.05) is 26.7 Å². The minimum absolute atomic E-state index is 0.655. The zero-order valence-electron chi connectivity index (χ0n) is 14.1. The lowest BCUT2D eigenvalue weighted by atomic mass is 10.1. The van der Waals surface area contributed by atoms with Gasteiger partial charge >= 0.3 is 11.9 Å². The molecule has 3 rings (SSSR count). The van der Waals surface area contributed by atoms with E-state index in [0.29, 0.717) is 12.5 Å². The fourth-order valence-corrected chi connectivity index (χ4v) is 3.46. The highest BCUT2D eigenvalue weighted by molar-refractivity contribution is 7.09. The van der Waals surface area contributed by atoms with Crippen LogP contribution in [0.15, 0.2) is 23.6 Å². The van der Waals surface area contributed by atoms with Gasteiger partial charge in [-0.05, 0) is 30.5 Å². The minimum atomic E-state index is -1.82. The maximum absolute atomic E-state index is 9.10. The molecule has 0 atom stereocenters. The molecule has 0 fully saturated rings. The maximum Gasteiger partial charge on any atom is 0.414 e. The van der Waals surface area contributed by atoms with Crippen molar-refractivity contribution in [3.63, 3.8) is 0 Å². The van der Waals surface area contributed by atoms with Gasteiger partial charge in [0, 0.05) is 24.4 Å². The fraction of sp³-hybridized carbons (Fsp3) is 0.375. The third-order valence-electron chi connectivity index (χ3n) is 3.45. The van der Waals surface area contributed by atoms with Gasteiger partial charge in [-0.15, -0.1) is 15.7 Å². The molecule has 0 aliphatic carbocycles. The third kappa shape index (κ3) is 6.21. The van der Waals surface area contributed by atoms with E-state index in [-0.39, 0.29) is 0 Å². The summed E-state index contributed by atoms with van der Waals surface area (Å²) in [6.07, 6.45) is 4.24. The summed E-state index contributed by atoms with van der Waals surface area (Å²) in [4.78, 5) is 21.8. The van der Waals surface area contributed by atoms with Crippen molar-refractivity contribution >= 4 is 40.6 Å². The Kier molecular flexibility index (Phi) is 7.70. The van der Waals surface area contributed by atoms with Gasteiger partial charge in [0.15, 0.2) is 0 Å². The van der Waals surface area contributed by atoms with Crippen molar-refractivity contribution in [2.24, 2.45) is 0 Å². The van der Waals surface area contributed by atoms with Gasteiger partial charge in [-0.25, -0.2) is 9.59 Å². The van der Waals surface area contributed by atoms with Crippen LogP contribution in [0.25, 0.3) is 5.57 Å². The van der Waals surface area contributed by atoms with E-state index >= 15 is 0 Å². The predicted molar refractivity (Wildman–Crippen MR) is 98.8 cm³/mol. The summed E-state index contributed by atoms with van der Waals surface area (Å²) in [5.74, 6) is -2.96. The van der Waals surface area contributed by atoms with Gasteiger partial charge in [-0.1, -0.05) is 12.1 Å². The van der Waals surface area contributed by atoms with Gasteiger partial charge in [0.25, 0.3) is 5.88 Å². The Morgan fingerprint density at radius 3 is 2.69 bits per heavy atom. The van der Waals surface area contributed by atoms with Crippen LogP contribution < -0.4 is 4.74 Å². The molecule has 0 saturated heterocycles. The van der Waals surface area contributed by atoms with E-state index in [0.717, 1.165) is 31.6 Å². The molecule has 1 aliphatic heterocycles. The average Bonchev–Trinajstić information content (AvgIpc) is 3.27. The molecule has 8 nitrogen and oxygen atoms in total. The summed E-state index contributed by atoms with van der Waals surface area (Å²) in [5, 5.41) is 16.9. The normalized spacial score (nSPS) is 14.1. The lowest BCUT2D eigenvalue weighted by molar-refractivity contribution is -0.159. The molecule has 0 saturated carbocycles. The Balaban J connectivity index is 0.000000352. The van der Waals surface area contributed by atoms with Gasteiger partial charge in [-0.2, -0.15) is 4.37 Å². The molecule has 0 radical (unpaired) electrons. The number of ether oxygens (including phenoxy) is 1. The third-order valence-corrected chi connectivity index (χ3v) is 4.90. The zero-order valence-corrected chi connectivity index (χ0v) is 15.8.